The fraction of sp³-hybridized carbons (Fsp3) is 0.400. The summed E-state index contributed by atoms with van der Waals surface area (Å²) in [5, 5.41) is 0. The zero-order valence-electron chi connectivity index (χ0n) is 20.0. The number of hydrogen-bond acceptors (Lipinski definition) is 1. The molecule has 0 heterocycles. The number of hydrogen-bond donors (Lipinski definition) is 0. The standard InChI is InChI=1S/C30H33F3O/c1-3-5-20-6-12-24(13-7-20)26-16-17-28(30(33)29(26)32)34-19-21-8-10-23(11-9-21)25-15-14-22(4-2)27(31)18-25/h8-11,14-18,20,24H,3-7,12-13,19H2,1-2H3. The number of benzene rings is 3. The lowest BCUT2D eigenvalue weighted by molar-refractivity contribution is 0.279. The van der Waals surface area contributed by atoms with Crippen LogP contribution in [0.1, 0.15) is 75.0 Å². The molecule has 1 saturated carbocycles. The first kappa shape index (κ1) is 24.4. The van der Waals surface area contributed by atoms with Crippen LogP contribution in [0, 0.1) is 23.4 Å². The molecule has 3 aromatic carbocycles. The summed E-state index contributed by atoms with van der Waals surface area (Å²) < 4.78 is 49.3. The first-order valence-corrected chi connectivity index (χ1v) is 12.5. The van der Waals surface area contributed by atoms with Crippen LogP contribution < -0.4 is 4.74 Å². The normalized spacial score (nSPS) is 18.1. The van der Waals surface area contributed by atoms with Gasteiger partial charge in [-0.1, -0.05) is 69.2 Å². The molecular weight excluding hydrogens is 433 g/mol. The third-order valence-corrected chi connectivity index (χ3v) is 7.18. The Kier molecular flexibility index (Phi) is 7.97. The van der Waals surface area contributed by atoms with Gasteiger partial charge in [-0.15, -0.1) is 0 Å². The number of rotatable bonds is 8. The molecule has 0 aromatic heterocycles. The van der Waals surface area contributed by atoms with Crippen LogP contribution in [0.3, 0.4) is 0 Å². The molecule has 0 radical (unpaired) electrons. The Morgan fingerprint density at radius 1 is 0.794 bits per heavy atom. The average molecular weight is 467 g/mol. The van der Waals surface area contributed by atoms with E-state index >= 15 is 0 Å². The summed E-state index contributed by atoms with van der Waals surface area (Å²) in [4.78, 5) is 0. The van der Waals surface area contributed by atoms with Crippen LogP contribution in [0.5, 0.6) is 5.75 Å². The van der Waals surface area contributed by atoms with Gasteiger partial charge in [-0.3, -0.25) is 0 Å². The predicted octanol–water partition coefficient (Wildman–Crippen LogP) is 8.99. The molecule has 4 heteroatoms. The summed E-state index contributed by atoms with van der Waals surface area (Å²) >= 11 is 0. The van der Waals surface area contributed by atoms with Crippen LogP contribution in [-0.4, -0.2) is 0 Å². The van der Waals surface area contributed by atoms with E-state index in [1.165, 1.54) is 12.8 Å². The molecule has 0 amide bonds. The molecule has 0 N–H and O–H groups in total. The minimum absolute atomic E-state index is 0.0674. The van der Waals surface area contributed by atoms with Crippen molar-refractivity contribution in [1.82, 2.24) is 0 Å². The molecule has 1 nitrogen and oxygen atoms in total. The second-order valence-corrected chi connectivity index (χ2v) is 9.43. The van der Waals surface area contributed by atoms with Crippen molar-refractivity contribution in [2.24, 2.45) is 5.92 Å². The maximum atomic E-state index is 14.9. The van der Waals surface area contributed by atoms with Crippen molar-refractivity contribution in [1.29, 1.82) is 0 Å². The van der Waals surface area contributed by atoms with Crippen molar-refractivity contribution >= 4 is 0 Å². The molecule has 4 rings (SSSR count). The van der Waals surface area contributed by atoms with Gasteiger partial charge in [0.25, 0.3) is 0 Å². The van der Waals surface area contributed by atoms with Gasteiger partial charge in [-0.2, -0.15) is 4.39 Å². The molecular formula is C30H33F3O. The zero-order valence-corrected chi connectivity index (χ0v) is 20.0. The van der Waals surface area contributed by atoms with E-state index in [1.54, 1.807) is 24.3 Å². The second kappa shape index (κ2) is 11.1. The Labute approximate surface area is 201 Å². The molecule has 0 bridgehead atoms. The highest BCUT2D eigenvalue weighted by Crippen LogP contribution is 2.40. The maximum absolute atomic E-state index is 14.9. The van der Waals surface area contributed by atoms with Gasteiger partial charge in [0, 0.05) is 0 Å². The maximum Gasteiger partial charge on any atom is 0.200 e. The second-order valence-electron chi connectivity index (χ2n) is 9.43. The molecule has 34 heavy (non-hydrogen) atoms. The van der Waals surface area contributed by atoms with E-state index in [4.69, 9.17) is 4.74 Å². The summed E-state index contributed by atoms with van der Waals surface area (Å²) in [6.45, 7) is 4.25. The van der Waals surface area contributed by atoms with Crippen molar-refractivity contribution in [2.45, 2.75) is 71.3 Å². The van der Waals surface area contributed by atoms with E-state index in [9.17, 15) is 13.2 Å². The van der Waals surface area contributed by atoms with Gasteiger partial charge in [-0.25, -0.2) is 8.78 Å². The molecule has 3 aromatic rings. The highest BCUT2D eigenvalue weighted by atomic mass is 19.2. The molecule has 0 saturated heterocycles. The van der Waals surface area contributed by atoms with Crippen LogP contribution in [-0.2, 0) is 13.0 Å². The van der Waals surface area contributed by atoms with E-state index in [-0.39, 0.29) is 24.1 Å². The minimum Gasteiger partial charge on any atom is -0.486 e. The topological polar surface area (TPSA) is 9.23 Å². The smallest absolute Gasteiger partial charge is 0.200 e. The first-order chi connectivity index (χ1) is 16.5. The third kappa shape index (κ3) is 5.48. The van der Waals surface area contributed by atoms with Crippen molar-refractivity contribution in [2.75, 3.05) is 0 Å². The average Bonchev–Trinajstić information content (AvgIpc) is 2.86. The quantitative estimate of drug-likeness (QED) is 0.322. The Morgan fingerprint density at radius 2 is 1.50 bits per heavy atom. The molecule has 1 aliphatic carbocycles. The molecule has 180 valence electrons. The van der Waals surface area contributed by atoms with E-state index < -0.39 is 11.6 Å². The lowest BCUT2D eigenvalue weighted by Gasteiger charge is -2.29. The van der Waals surface area contributed by atoms with Gasteiger partial charge in [0.1, 0.15) is 12.4 Å². The summed E-state index contributed by atoms with van der Waals surface area (Å²) in [5.41, 5.74) is 3.69. The van der Waals surface area contributed by atoms with Crippen LogP contribution in [0.25, 0.3) is 11.1 Å². The largest absolute Gasteiger partial charge is 0.486 e. The minimum atomic E-state index is -0.906. The molecule has 1 aliphatic rings. The van der Waals surface area contributed by atoms with E-state index in [0.717, 1.165) is 48.3 Å². The molecule has 0 atom stereocenters. The molecule has 1 fully saturated rings. The Bertz CT molecular complexity index is 1100. The zero-order chi connectivity index (χ0) is 24.1. The van der Waals surface area contributed by atoms with Crippen LogP contribution >= 0.6 is 0 Å². The summed E-state index contributed by atoms with van der Waals surface area (Å²) in [6, 6.07) is 16.0. The van der Waals surface area contributed by atoms with Gasteiger partial charge >= 0.3 is 0 Å². The summed E-state index contributed by atoms with van der Waals surface area (Å²) in [6.07, 6.45) is 7.06. The molecule has 0 aliphatic heterocycles. The highest BCUT2D eigenvalue weighted by Gasteiger charge is 2.26. The van der Waals surface area contributed by atoms with Gasteiger partial charge in [-0.05, 0) is 83.9 Å². The summed E-state index contributed by atoms with van der Waals surface area (Å²) in [7, 11) is 0. The van der Waals surface area contributed by atoms with Crippen molar-refractivity contribution in [3.05, 3.63) is 88.7 Å². The monoisotopic (exact) mass is 466 g/mol. The van der Waals surface area contributed by atoms with Crippen molar-refractivity contribution in [3.63, 3.8) is 0 Å². The van der Waals surface area contributed by atoms with Crippen LogP contribution in [0.4, 0.5) is 13.2 Å². The predicted molar refractivity (Wildman–Crippen MR) is 132 cm³/mol. The number of halogens is 3. The van der Waals surface area contributed by atoms with E-state index in [0.29, 0.717) is 17.5 Å². The Balaban J connectivity index is 1.39. The van der Waals surface area contributed by atoms with Crippen LogP contribution in [0.2, 0.25) is 0 Å². The fourth-order valence-electron chi connectivity index (χ4n) is 5.11. The number of ether oxygens (including phenoxy) is 1. The van der Waals surface area contributed by atoms with Crippen LogP contribution in [0.15, 0.2) is 54.6 Å². The number of aryl methyl sites for hydroxylation is 1. The Morgan fingerprint density at radius 3 is 2.15 bits per heavy atom. The molecule has 0 spiro atoms. The van der Waals surface area contributed by atoms with E-state index in [1.807, 2.05) is 37.3 Å². The summed E-state index contributed by atoms with van der Waals surface area (Å²) in [5.74, 6) is -1.15. The first-order valence-electron chi connectivity index (χ1n) is 12.5. The lowest BCUT2D eigenvalue weighted by Crippen LogP contribution is -2.15. The van der Waals surface area contributed by atoms with E-state index in [2.05, 4.69) is 6.92 Å². The fourth-order valence-corrected chi connectivity index (χ4v) is 5.11. The third-order valence-electron chi connectivity index (χ3n) is 7.18. The SMILES string of the molecule is CCCC1CCC(c2ccc(OCc3ccc(-c4ccc(CC)c(F)c4)cc3)c(F)c2F)CC1. The van der Waals surface area contributed by atoms with Gasteiger partial charge in [0.15, 0.2) is 11.6 Å². The van der Waals surface area contributed by atoms with Crippen molar-refractivity contribution < 1.29 is 17.9 Å². The Hall–Kier alpha value is -2.75. The van der Waals surface area contributed by atoms with Gasteiger partial charge in [0.05, 0.1) is 0 Å². The van der Waals surface area contributed by atoms with Gasteiger partial charge in [0.2, 0.25) is 5.82 Å². The van der Waals surface area contributed by atoms with Crippen molar-refractivity contribution in [3.8, 4) is 16.9 Å². The highest BCUT2D eigenvalue weighted by molar-refractivity contribution is 5.64. The lowest BCUT2D eigenvalue weighted by atomic mass is 9.77. The molecule has 0 unspecified atom stereocenters. The van der Waals surface area contributed by atoms with Gasteiger partial charge < -0.3 is 4.74 Å².